The summed E-state index contributed by atoms with van der Waals surface area (Å²) in [5, 5.41) is 0.0323. The molecule has 5 unspecified atom stereocenters. The average molecular weight is 455 g/mol. The van der Waals surface area contributed by atoms with Gasteiger partial charge in [-0.2, -0.15) is 0 Å². The highest BCUT2D eigenvalue weighted by molar-refractivity contribution is 6.74. The molecule has 1 aliphatic heterocycles. The molecule has 3 fully saturated rings. The van der Waals surface area contributed by atoms with E-state index in [-0.39, 0.29) is 35.7 Å². The maximum absolute atomic E-state index is 15.3. The summed E-state index contributed by atoms with van der Waals surface area (Å²) < 4.78 is 49.2. The van der Waals surface area contributed by atoms with Gasteiger partial charge in [0.05, 0.1) is 6.10 Å². The Balaban J connectivity index is 1.85. The van der Waals surface area contributed by atoms with Gasteiger partial charge in [-0.1, -0.05) is 26.8 Å². The lowest BCUT2D eigenvalue weighted by atomic mass is 9.89. The minimum atomic E-state index is -2.76. The van der Waals surface area contributed by atoms with Crippen molar-refractivity contribution in [1.29, 1.82) is 0 Å². The van der Waals surface area contributed by atoms with Crippen LogP contribution in [0, 0.1) is 17.8 Å². The first-order chi connectivity index (χ1) is 14.5. The monoisotopic (exact) mass is 454 g/mol. The average Bonchev–Trinajstić information content (AvgIpc) is 3.15. The van der Waals surface area contributed by atoms with Gasteiger partial charge in [-0.15, -0.1) is 12.3 Å². The van der Waals surface area contributed by atoms with Crippen LogP contribution in [0.1, 0.15) is 59.3 Å². The molecular formula is C25H40F2O3Si. The van der Waals surface area contributed by atoms with E-state index in [2.05, 4.69) is 46.2 Å². The molecule has 6 heteroatoms. The van der Waals surface area contributed by atoms with E-state index < -0.39 is 20.2 Å². The third-order valence-electron chi connectivity index (χ3n) is 7.70. The molecule has 1 saturated heterocycles. The lowest BCUT2D eigenvalue weighted by Gasteiger charge is -2.39. The third kappa shape index (κ3) is 5.59. The first-order valence-corrected chi connectivity index (χ1v) is 14.7. The molecule has 2 saturated carbocycles. The van der Waals surface area contributed by atoms with E-state index in [1.54, 1.807) is 6.08 Å². The molecule has 3 nitrogen and oxygen atoms in total. The minimum absolute atomic E-state index is 0.0323. The Morgan fingerprint density at radius 3 is 2.65 bits per heavy atom. The summed E-state index contributed by atoms with van der Waals surface area (Å²) in [6.07, 6.45) is 6.97. The number of fused-ring (bicyclic) bond motifs is 1. The van der Waals surface area contributed by atoms with Gasteiger partial charge in [0.25, 0.3) is 5.92 Å². The van der Waals surface area contributed by atoms with Crippen LogP contribution in [-0.4, -0.2) is 39.8 Å². The lowest BCUT2D eigenvalue weighted by molar-refractivity contribution is -0.202. The van der Waals surface area contributed by atoms with E-state index in [0.29, 0.717) is 26.1 Å². The van der Waals surface area contributed by atoms with Crippen molar-refractivity contribution in [2.24, 2.45) is 17.8 Å². The largest absolute Gasteiger partial charge is 0.416 e. The number of hydrogen-bond acceptors (Lipinski definition) is 3. The van der Waals surface area contributed by atoms with Crippen molar-refractivity contribution in [3.63, 3.8) is 0 Å². The number of hydrogen-bond donors (Lipinski definition) is 0. The Kier molecular flexibility index (Phi) is 7.70. The normalized spacial score (nSPS) is 33.1. The van der Waals surface area contributed by atoms with Crippen molar-refractivity contribution >= 4 is 8.32 Å². The molecule has 0 bridgehead atoms. The van der Waals surface area contributed by atoms with Crippen molar-refractivity contribution < 1.29 is 22.7 Å². The van der Waals surface area contributed by atoms with Crippen LogP contribution in [0.3, 0.4) is 0 Å². The van der Waals surface area contributed by atoms with Crippen LogP contribution in [0.25, 0.3) is 0 Å². The summed E-state index contributed by atoms with van der Waals surface area (Å²) in [6, 6.07) is 0. The van der Waals surface area contributed by atoms with Gasteiger partial charge in [-0.05, 0) is 67.8 Å². The predicted octanol–water partition coefficient (Wildman–Crippen LogP) is 6.87. The minimum Gasteiger partial charge on any atom is -0.416 e. The van der Waals surface area contributed by atoms with E-state index in [1.165, 1.54) is 0 Å². The Bertz CT molecular complexity index is 700. The molecule has 0 aromatic carbocycles. The van der Waals surface area contributed by atoms with Crippen molar-refractivity contribution in [1.82, 2.24) is 0 Å². The number of alkyl halides is 2. The first-order valence-electron chi connectivity index (χ1n) is 11.8. The van der Waals surface area contributed by atoms with E-state index in [0.717, 1.165) is 24.8 Å². The second kappa shape index (κ2) is 9.60. The smallest absolute Gasteiger partial charge is 0.256 e. The summed E-state index contributed by atoms with van der Waals surface area (Å²) in [6.45, 7) is 15.6. The Morgan fingerprint density at radius 1 is 1.29 bits per heavy atom. The molecule has 0 aromatic heterocycles. The molecule has 5 atom stereocenters. The fourth-order valence-corrected chi connectivity index (χ4v) is 5.95. The molecule has 2 aliphatic carbocycles. The van der Waals surface area contributed by atoms with Gasteiger partial charge < -0.3 is 13.9 Å². The predicted molar refractivity (Wildman–Crippen MR) is 123 cm³/mol. The summed E-state index contributed by atoms with van der Waals surface area (Å²) in [5.41, 5.74) is 3.90. The fraction of sp³-hybridized carbons (Fsp3) is 0.800. The first kappa shape index (κ1) is 24.9. The van der Waals surface area contributed by atoms with E-state index >= 15 is 8.78 Å². The Morgan fingerprint density at radius 2 is 2.03 bits per heavy atom. The second-order valence-electron chi connectivity index (χ2n) is 10.9. The molecule has 3 aliphatic rings. The Hall–Kier alpha value is -0.783. The van der Waals surface area contributed by atoms with Gasteiger partial charge in [-0.3, -0.25) is 0 Å². The van der Waals surface area contributed by atoms with E-state index in [1.807, 2.05) is 6.08 Å². The standard InChI is InChI=1S/C25H40F2O3Si/c1-7-8-9-12-18-16-25(26,27)23-19(18)15-21(30-22-13-10-11-14-28-22)20(23)17-29-31(5,6)24(2,3)4/h7,9,19-23H,1,8,10-11,13-17H2,2-6H3. The molecule has 0 N–H and O–H groups in total. The van der Waals surface area contributed by atoms with Crippen molar-refractivity contribution in [3.05, 3.63) is 30.0 Å². The van der Waals surface area contributed by atoms with Crippen LogP contribution >= 0.6 is 0 Å². The maximum Gasteiger partial charge on any atom is 0.256 e. The van der Waals surface area contributed by atoms with Gasteiger partial charge >= 0.3 is 0 Å². The zero-order valence-electron chi connectivity index (χ0n) is 19.9. The SMILES string of the molecule is C=CCC=C=C1CC(F)(F)C2C1CC(OC1CCCCO1)C2CO[Si](C)(C)C(C)(C)C. The highest BCUT2D eigenvalue weighted by Crippen LogP contribution is 2.58. The summed E-state index contributed by atoms with van der Waals surface area (Å²) in [7, 11) is -2.06. The lowest BCUT2D eigenvalue weighted by Crippen LogP contribution is -2.45. The van der Waals surface area contributed by atoms with E-state index in [9.17, 15) is 0 Å². The van der Waals surface area contributed by atoms with Crippen LogP contribution < -0.4 is 0 Å². The second-order valence-corrected chi connectivity index (χ2v) is 15.7. The van der Waals surface area contributed by atoms with Gasteiger partial charge in [0.15, 0.2) is 14.6 Å². The highest BCUT2D eigenvalue weighted by Gasteiger charge is 2.62. The molecular weight excluding hydrogens is 414 g/mol. The zero-order chi connectivity index (χ0) is 22.9. The molecule has 0 radical (unpaired) electrons. The van der Waals surface area contributed by atoms with Crippen LogP contribution in [0.5, 0.6) is 0 Å². The van der Waals surface area contributed by atoms with Crippen molar-refractivity contribution in [2.75, 3.05) is 13.2 Å². The quantitative estimate of drug-likeness (QED) is 0.239. The molecule has 1 heterocycles. The fourth-order valence-electron chi connectivity index (χ4n) is 4.90. The highest BCUT2D eigenvalue weighted by atomic mass is 28.4. The zero-order valence-corrected chi connectivity index (χ0v) is 20.9. The van der Waals surface area contributed by atoms with Crippen molar-refractivity contribution in [2.45, 2.75) is 95.7 Å². The molecule has 0 spiro atoms. The summed E-state index contributed by atoms with van der Waals surface area (Å²) in [4.78, 5) is 0. The van der Waals surface area contributed by atoms with E-state index in [4.69, 9.17) is 13.9 Å². The van der Waals surface area contributed by atoms with Crippen molar-refractivity contribution in [3.8, 4) is 0 Å². The van der Waals surface area contributed by atoms with Gasteiger partial charge in [0, 0.05) is 31.5 Å². The van der Waals surface area contributed by atoms with Gasteiger partial charge in [0.2, 0.25) is 0 Å². The third-order valence-corrected chi connectivity index (χ3v) is 12.2. The molecule has 31 heavy (non-hydrogen) atoms. The van der Waals surface area contributed by atoms with Gasteiger partial charge in [-0.25, -0.2) is 8.78 Å². The summed E-state index contributed by atoms with van der Waals surface area (Å²) in [5.74, 6) is -4.07. The number of allylic oxidation sites excluding steroid dienone is 2. The topological polar surface area (TPSA) is 27.7 Å². The Labute approximate surface area is 188 Å². The van der Waals surface area contributed by atoms with Gasteiger partial charge in [0.1, 0.15) is 0 Å². The molecule has 176 valence electrons. The molecule has 0 aromatic rings. The number of rotatable bonds is 7. The maximum atomic E-state index is 15.3. The summed E-state index contributed by atoms with van der Waals surface area (Å²) >= 11 is 0. The number of ether oxygens (including phenoxy) is 2. The van der Waals surface area contributed by atoms with Crippen LogP contribution in [0.2, 0.25) is 18.1 Å². The van der Waals surface area contributed by atoms with Crippen LogP contribution in [-0.2, 0) is 13.9 Å². The van der Waals surface area contributed by atoms with Crippen LogP contribution in [0.15, 0.2) is 30.0 Å². The van der Waals surface area contributed by atoms with Crippen LogP contribution in [0.4, 0.5) is 8.78 Å². The number of halogens is 2. The molecule has 0 amide bonds. The molecule has 3 rings (SSSR count).